The van der Waals surface area contributed by atoms with Gasteiger partial charge in [-0.15, -0.1) is 0 Å². The molecule has 0 saturated heterocycles. The maximum absolute atomic E-state index is 12.5. The normalized spacial score (nSPS) is 19.4. The molecule has 0 saturated carbocycles. The zero-order valence-electron chi connectivity index (χ0n) is 8.40. The topological polar surface area (TPSA) is 39.4 Å². The maximum Gasteiger partial charge on any atom is 0.173 e. The third-order valence-electron chi connectivity index (χ3n) is 2.39. The Morgan fingerprint density at radius 3 is 2.69 bits per heavy atom. The molecule has 5 heteroatoms. The van der Waals surface area contributed by atoms with Gasteiger partial charge in [0.25, 0.3) is 0 Å². The summed E-state index contributed by atoms with van der Waals surface area (Å²) >= 11 is 3.30. The average Bonchev–Trinajstić information content (AvgIpc) is 2.71. The van der Waals surface area contributed by atoms with E-state index in [2.05, 4.69) is 27.0 Å². The van der Waals surface area contributed by atoms with Crippen molar-refractivity contribution in [2.75, 3.05) is 18.1 Å². The van der Waals surface area contributed by atoms with Crippen molar-refractivity contribution in [1.82, 2.24) is 0 Å². The van der Waals surface area contributed by atoms with Gasteiger partial charge in [0, 0.05) is 5.69 Å². The van der Waals surface area contributed by atoms with Gasteiger partial charge in [0.15, 0.2) is 4.74 Å². The Morgan fingerprint density at radius 1 is 1.50 bits per heavy atom. The molecule has 0 spiro atoms. The Hall–Kier alpha value is -1.41. The molecule has 0 unspecified atom stereocenters. The average molecular weight is 282 g/mol. The lowest BCUT2D eigenvalue weighted by atomic mass is 10.2. The standard InChI is InChI=1S/C11H9BrFN3/c12-11-15-9(5-13)7-16(11)10-3-1-8(6-14)2-4-10/h1-4,9H,5,7H2/t9-/m1/s1. The van der Waals surface area contributed by atoms with E-state index in [9.17, 15) is 4.39 Å². The molecule has 1 heterocycles. The van der Waals surface area contributed by atoms with Crippen LogP contribution in [0.4, 0.5) is 10.1 Å². The van der Waals surface area contributed by atoms with Crippen LogP contribution in [-0.4, -0.2) is 24.0 Å². The second-order valence-corrected chi connectivity index (χ2v) is 4.18. The lowest BCUT2D eigenvalue weighted by Crippen LogP contribution is -2.26. The van der Waals surface area contributed by atoms with Gasteiger partial charge in [-0.05, 0) is 40.2 Å². The Morgan fingerprint density at radius 2 is 2.19 bits per heavy atom. The summed E-state index contributed by atoms with van der Waals surface area (Å²) in [5, 5.41) is 8.68. The predicted octanol–water partition coefficient (Wildman–Crippen LogP) is 2.47. The van der Waals surface area contributed by atoms with Crippen LogP contribution in [0.25, 0.3) is 0 Å². The molecule has 1 atom stereocenters. The zero-order valence-corrected chi connectivity index (χ0v) is 9.98. The molecule has 0 aromatic heterocycles. The number of rotatable bonds is 2. The molecule has 0 fully saturated rings. The molecule has 0 bridgehead atoms. The lowest BCUT2D eigenvalue weighted by molar-refractivity contribution is 0.443. The third-order valence-corrected chi connectivity index (χ3v) is 3.02. The fraction of sp³-hybridized carbons (Fsp3) is 0.273. The Balaban J connectivity index is 2.20. The maximum atomic E-state index is 12.5. The molecular formula is C11H9BrFN3. The summed E-state index contributed by atoms with van der Waals surface area (Å²) in [5.74, 6) is 0. The van der Waals surface area contributed by atoms with Crippen molar-refractivity contribution in [3.05, 3.63) is 29.8 Å². The van der Waals surface area contributed by atoms with Gasteiger partial charge >= 0.3 is 0 Å². The molecule has 0 aliphatic carbocycles. The van der Waals surface area contributed by atoms with Crippen LogP contribution in [-0.2, 0) is 0 Å². The van der Waals surface area contributed by atoms with Crippen molar-refractivity contribution >= 4 is 26.4 Å². The Bertz CT molecular complexity index is 449. The summed E-state index contributed by atoms with van der Waals surface area (Å²) in [6.45, 7) is 0.0743. The van der Waals surface area contributed by atoms with Gasteiger partial charge in [0.05, 0.1) is 24.2 Å². The van der Waals surface area contributed by atoms with Crippen molar-refractivity contribution in [3.63, 3.8) is 0 Å². The van der Waals surface area contributed by atoms with Crippen LogP contribution in [0.2, 0.25) is 0 Å². The molecule has 1 aromatic rings. The van der Waals surface area contributed by atoms with Crippen molar-refractivity contribution in [2.45, 2.75) is 6.04 Å². The molecule has 82 valence electrons. The number of aliphatic imine (C=N–C) groups is 1. The van der Waals surface area contributed by atoms with E-state index < -0.39 is 6.67 Å². The number of nitriles is 1. The molecule has 0 radical (unpaired) electrons. The van der Waals surface area contributed by atoms with E-state index in [4.69, 9.17) is 5.26 Å². The fourth-order valence-electron chi connectivity index (χ4n) is 1.56. The van der Waals surface area contributed by atoms with Crippen LogP contribution in [0, 0.1) is 11.3 Å². The van der Waals surface area contributed by atoms with Crippen LogP contribution < -0.4 is 4.90 Å². The highest BCUT2D eigenvalue weighted by atomic mass is 79.9. The van der Waals surface area contributed by atoms with Gasteiger partial charge in [-0.3, -0.25) is 4.99 Å². The summed E-state index contributed by atoms with van der Waals surface area (Å²) in [7, 11) is 0. The number of hydrogen-bond acceptors (Lipinski definition) is 3. The van der Waals surface area contributed by atoms with Gasteiger partial charge < -0.3 is 4.90 Å². The fourth-order valence-corrected chi connectivity index (χ4v) is 2.20. The second kappa shape index (κ2) is 4.62. The number of halogens is 2. The van der Waals surface area contributed by atoms with Crippen molar-refractivity contribution < 1.29 is 4.39 Å². The SMILES string of the molecule is N#Cc1ccc(N2C[C@@H](CF)N=C2Br)cc1. The molecule has 0 amide bonds. The number of benzene rings is 1. The predicted molar refractivity (Wildman–Crippen MR) is 64.6 cm³/mol. The highest BCUT2D eigenvalue weighted by Gasteiger charge is 2.24. The molecule has 1 aromatic carbocycles. The lowest BCUT2D eigenvalue weighted by Gasteiger charge is -2.17. The van der Waals surface area contributed by atoms with Crippen LogP contribution in [0.3, 0.4) is 0 Å². The summed E-state index contributed by atoms with van der Waals surface area (Å²) in [5.41, 5.74) is 1.52. The number of hydrogen-bond donors (Lipinski definition) is 0. The summed E-state index contributed by atoms with van der Waals surface area (Å²) in [6, 6.07) is 8.88. The first kappa shape index (κ1) is 11.1. The van der Waals surface area contributed by atoms with E-state index in [-0.39, 0.29) is 6.04 Å². The molecule has 16 heavy (non-hydrogen) atoms. The van der Waals surface area contributed by atoms with Crippen molar-refractivity contribution in [1.29, 1.82) is 5.26 Å². The number of amidine groups is 1. The van der Waals surface area contributed by atoms with Crippen molar-refractivity contribution in [3.8, 4) is 6.07 Å². The monoisotopic (exact) mass is 281 g/mol. The molecule has 2 rings (SSSR count). The largest absolute Gasteiger partial charge is 0.319 e. The first-order chi connectivity index (χ1) is 7.74. The van der Waals surface area contributed by atoms with E-state index >= 15 is 0 Å². The third kappa shape index (κ3) is 2.07. The summed E-state index contributed by atoms with van der Waals surface area (Å²) in [4.78, 5) is 6.01. The highest BCUT2D eigenvalue weighted by molar-refractivity contribution is 9.18. The minimum Gasteiger partial charge on any atom is -0.319 e. The van der Waals surface area contributed by atoms with Gasteiger partial charge in [0.1, 0.15) is 6.67 Å². The molecule has 1 aliphatic rings. The molecule has 1 aliphatic heterocycles. The molecule has 3 nitrogen and oxygen atoms in total. The van der Waals surface area contributed by atoms with Crippen LogP contribution in [0.1, 0.15) is 5.56 Å². The molecular weight excluding hydrogens is 273 g/mol. The van der Waals surface area contributed by atoms with Crippen molar-refractivity contribution in [2.24, 2.45) is 4.99 Å². The first-order valence-electron chi connectivity index (χ1n) is 4.81. The van der Waals surface area contributed by atoms with Crippen LogP contribution in [0.15, 0.2) is 29.3 Å². The number of alkyl halides is 1. The van der Waals surface area contributed by atoms with E-state index in [1.165, 1.54) is 0 Å². The van der Waals surface area contributed by atoms with Gasteiger partial charge in [-0.25, -0.2) is 4.39 Å². The Labute approximate surface area is 101 Å². The first-order valence-corrected chi connectivity index (χ1v) is 5.61. The quantitative estimate of drug-likeness (QED) is 0.782. The van der Waals surface area contributed by atoms with Gasteiger partial charge in [0.2, 0.25) is 0 Å². The highest BCUT2D eigenvalue weighted by Crippen LogP contribution is 2.23. The van der Waals surface area contributed by atoms with Crippen LogP contribution >= 0.6 is 15.9 Å². The van der Waals surface area contributed by atoms with E-state index in [0.717, 1.165) is 5.69 Å². The Kier molecular flexibility index (Phi) is 3.20. The van der Waals surface area contributed by atoms with E-state index in [1.54, 1.807) is 12.1 Å². The van der Waals surface area contributed by atoms with E-state index in [0.29, 0.717) is 16.9 Å². The van der Waals surface area contributed by atoms with E-state index in [1.807, 2.05) is 17.0 Å². The smallest absolute Gasteiger partial charge is 0.173 e. The molecule has 0 N–H and O–H groups in total. The van der Waals surface area contributed by atoms with Gasteiger partial charge in [-0.1, -0.05) is 0 Å². The second-order valence-electron chi connectivity index (χ2n) is 3.48. The van der Waals surface area contributed by atoms with Crippen LogP contribution in [0.5, 0.6) is 0 Å². The minimum absolute atomic E-state index is 0.301. The number of nitrogens with zero attached hydrogens (tertiary/aromatic N) is 3. The summed E-state index contributed by atoms with van der Waals surface area (Å²) < 4.78 is 13.1. The minimum atomic E-state index is -0.456. The number of anilines is 1. The summed E-state index contributed by atoms with van der Waals surface area (Å²) in [6.07, 6.45) is 0. The zero-order chi connectivity index (χ0) is 11.5. The van der Waals surface area contributed by atoms with Gasteiger partial charge in [-0.2, -0.15) is 5.26 Å².